The summed E-state index contributed by atoms with van der Waals surface area (Å²) in [6.45, 7) is 9.29. The molecule has 0 heterocycles. The van der Waals surface area contributed by atoms with Gasteiger partial charge in [-0.1, -0.05) is 19.6 Å². The molecule has 6 heteroatoms. The van der Waals surface area contributed by atoms with E-state index in [0.717, 1.165) is 10.0 Å². The smallest absolute Gasteiger partial charge is 0.307 e. The van der Waals surface area contributed by atoms with Crippen LogP contribution in [-0.2, 0) is 11.3 Å². The van der Waals surface area contributed by atoms with Crippen LogP contribution in [0.15, 0.2) is 29.3 Å². The first-order valence-electron chi connectivity index (χ1n) is 7.49. The highest BCUT2D eigenvalue weighted by Gasteiger charge is 2.16. The van der Waals surface area contributed by atoms with E-state index in [-0.39, 0.29) is 0 Å². The summed E-state index contributed by atoms with van der Waals surface area (Å²) >= 11 is 3.51. The number of carbonyl (C=O) groups is 1. The van der Waals surface area contributed by atoms with Gasteiger partial charge in [0.05, 0.1) is 17.0 Å². The molecule has 23 heavy (non-hydrogen) atoms. The summed E-state index contributed by atoms with van der Waals surface area (Å²) in [7, 11) is 1.90. The van der Waals surface area contributed by atoms with Gasteiger partial charge in [-0.15, -0.1) is 0 Å². The van der Waals surface area contributed by atoms with Gasteiger partial charge in [0.2, 0.25) is 0 Å². The highest BCUT2D eigenvalue weighted by Crippen LogP contribution is 2.37. The molecule has 0 saturated carbocycles. The standard InChI is InChI=1S/C17H24BrNO4/c1-5-7-23-16-14(18)8-13(9-15(16)22-6-2)11-19(4)10-12(3)17(20)21/h5,8-9,12H,1,6-7,10-11H2,2-4H3,(H,20,21). The number of rotatable bonds is 10. The second kappa shape index (κ2) is 9.57. The molecule has 1 atom stereocenters. The van der Waals surface area contributed by atoms with Crippen LogP contribution in [0.2, 0.25) is 0 Å². The van der Waals surface area contributed by atoms with Crippen molar-refractivity contribution in [2.75, 3.05) is 26.8 Å². The molecular formula is C17H24BrNO4. The molecule has 128 valence electrons. The quantitative estimate of drug-likeness (QED) is 0.623. The Morgan fingerprint density at radius 2 is 2.17 bits per heavy atom. The normalized spacial score (nSPS) is 12.0. The van der Waals surface area contributed by atoms with E-state index in [4.69, 9.17) is 14.6 Å². The lowest BCUT2D eigenvalue weighted by molar-refractivity contribution is -0.141. The molecule has 0 fully saturated rings. The Balaban J connectivity index is 2.90. The number of hydrogen-bond donors (Lipinski definition) is 1. The first-order chi connectivity index (χ1) is 10.9. The van der Waals surface area contributed by atoms with Crippen molar-refractivity contribution in [3.05, 3.63) is 34.8 Å². The highest BCUT2D eigenvalue weighted by atomic mass is 79.9. The van der Waals surface area contributed by atoms with Crippen LogP contribution in [0.3, 0.4) is 0 Å². The van der Waals surface area contributed by atoms with Crippen molar-refractivity contribution in [2.24, 2.45) is 5.92 Å². The molecule has 0 amide bonds. The van der Waals surface area contributed by atoms with Crippen molar-refractivity contribution in [2.45, 2.75) is 20.4 Å². The Morgan fingerprint density at radius 3 is 2.74 bits per heavy atom. The maximum absolute atomic E-state index is 10.9. The van der Waals surface area contributed by atoms with Gasteiger partial charge in [0.25, 0.3) is 0 Å². The summed E-state index contributed by atoms with van der Waals surface area (Å²) in [6, 6.07) is 3.89. The Bertz CT molecular complexity index is 548. The van der Waals surface area contributed by atoms with Crippen molar-refractivity contribution in [3.8, 4) is 11.5 Å². The van der Waals surface area contributed by atoms with Crippen LogP contribution < -0.4 is 9.47 Å². The molecule has 1 aromatic rings. The van der Waals surface area contributed by atoms with Crippen LogP contribution in [0.4, 0.5) is 0 Å². The summed E-state index contributed by atoms with van der Waals surface area (Å²) in [5.41, 5.74) is 1.02. The molecule has 0 saturated heterocycles. The van der Waals surface area contributed by atoms with Gasteiger partial charge in [-0.05, 0) is 47.6 Å². The van der Waals surface area contributed by atoms with Crippen molar-refractivity contribution in [3.63, 3.8) is 0 Å². The van der Waals surface area contributed by atoms with Gasteiger partial charge in [0.15, 0.2) is 11.5 Å². The highest BCUT2D eigenvalue weighted by molar-refractivity contribution is 9.10. The van der Waals surface area contributed by atoms with Crippen LogP contribution in [0.5, 0.6) is 11.5 Å². The van der Waals surface area contributed by atoms with Gasteiger partial charge in [0.1, 0.15) is 6.61 Å². The first-order valence-corrected chi connectivity index (χ1v) is 8.28. The van der Waals surface area contributed by atoms with E-state index in [0.29, 0.717) is 37.8 Å². The monoisotopic (exact) mass is 385 g/mol. The third kappa shape index (κ3) is 6.23. The van der Waals surface area contributed by atoms with Crippen LogP contribution >= 0.6 is 15.9 Å². The predicted molar refractivity (Wildman–Crippen MR) is 94.1 cm³/mol. The van der Waals surface area contributed by atoms with Crippen molar-refractivity contribution in [1.82, 2.24) is 4.90 Å². The molecule has 1 unspecified atom stereocenters. The fraction of sp³-hybridized carbons (Fsp3) is 0.471. The van der Waals surface area contributed by atoms with E-state index in [1.54, 1.807) is 13.0 Å². The fourth-order valence-electron chi connectivity index (χ4n) is 2.18. The Hall–Kier alpha value is -1.53. The summed E-state index contributed by atoms with van der Waals surface area (Å²) in [6.07, 6.45) is 1.68. The number of ether oxygens (including phenoxy) is 2. The van der Waals surface area contributed by atoms with Gasteiger partial charge in [-0.2, -0.15) is 0 Å². The Labute approximate surface area is 146 Å². The molecule has 0 bridgehead atoms. The van der Waals surface area contributed by atoms with Gasteiger partial charge in [0, 0.05) is 13.1 Å². The molecule has 1 aromatic carbocycles. The molecule has 1 rings (SSSR count). The van der Waals surface area contributed by atoms with E-state index < -0.39 is 11.9 Å². The Morgan fingerprint density at radius 1 is 1.48 bits per heavy atom. The van der Waals surface area contributed by atoms with Crippen molar-refractivity contribution >= 4 is 21.9 Å². The van der Waals surface area contributed by atoms with Gasteiger partial charge >= 0.3 is 5.97 Å². The average Bonchev–Trinajstić information content (AvgIpc) is 2.46. The lowest BCUT2D eigenvalue weighted by Gasteiger charge is -2.20. The van der Waals surface area contributed by atoms with E-state index in [1.807, 2.05) is 31.0 Å². The lowest BCUT2D eigenvalue weighted by atomic mass is 10.1. The summed E-state index contributed by atoms with van der Waals surface area (Å²) in [5, 5.41) is 9.00. The maximum atomic E-state index is 10.9. The summed E-state index contributed by atoms with van der Waals surface area (Å²) < 4.78 is 12.1. The molecular weight excluding hydrogens is 362 g/mol. The number of halogens is 1. The summed E-state index contributed by atoms with van der Waals surface area (Å²) in [5.74, 6) is 0.113. The maximum Gasteiger partial charge on any atom is 0.307 e. The van der Waals surface area contributed by atoms with Crippen LogP contribution in [0, 0.1) is 5.92 Å². The largest absolute Gasteiger partial charge is 0.490 e. The minimum Gasteiger partial charge on any atom is -0.490 e. The van der Waals surface area contributed by atoms with Gasteiger partial charge in [-0.3, -0.25) is 4.79 Å². The number of aliphatic carboxylic acids is 1. The molecule has 0 aliphatic carbocycles. The second-order valence-corrected chi connectivity index (χ2v) is 6.23. The minimum absolute atomic E-state index is 0.397. The number of hydrogen-bond acceptors (Lipinski definition) is 4. The van der Waals surface area contributed by atoms with Crippen molar-refractivity contribution < 1.29 is 19.4 Å². The zero-order valence-corrected chi connectivity index (χ0v) is 15.4. The predicted octanol–water partition coefficient (Wildman–Crippen LogP) is 3.57. The molecule has 1 N–H and O–H groups in total. The molecule has 0 radical (unpaired) electrons. The minimum atomic E-state index is -0.791. The van der Waals surface area contributed by atoms with E-state index in [2.05, 4.69) is 22.5 Å². The van der Waals surface area contributed by atoms with Gasteiger partial charge in [-0.25, -0.2) is 0 Å². The summed E-state index contributed by atoms with van der Waals surface area (Å²) in [4.78, 5) is 12.9. The second-order valence-electron chi connectivity index (χ2n) is 5.37. The topological polar surface area (TPSA) is 59.0 Å². The molecule has 0 spiro atoms. The SMILES string of the molecule is C=CCOc1c(Br)cc(CN(C)CC(C)C(=O)O)cc1OCC. The lowest BCUT2D eigenvalue weighted by Crippen LogP contribution is -2.28. The van der Waals surface area contributed by atoms with Gasteiger partial charge < -0.3 is 19.5 Å². The van der Waals surface area contributed by atoms with Crippen molar-refractivity contribution in [1.29, 1.82) is 0 Å². The van der Waals surface area contributed by atoms with E-state index >= 15 is 0 Å². The molecule has 0 aliphatic rings. The third-order valence-corrected chi connectivity index (χ3v) is 3.76. The van der Waals surface area contributed by atoms with Crippen LogP contribution in [-0.4, -0.2) is 42.8 Å². The number of benzene rings is 1. The van der Waals surface area contributed by atoms with E-state index in [1.165, 1.54) is 0 Å². The third-order valence-electron chi connectivity index (χ3n) is 3.17. The molecule has 0 aromatic heterocycles. The average molecular weight is 386 g/mol. The van der Waals surface area contributed by atoms with Crippen LogP contribution in [0.1, 0.15) is 19.4 Å². The zero-order chi connectivity index (χ0) is 17.4. The number of carboxylic acid groups (broad SMARTS) is 1. The van der Waals surface area contributed by atoms with Crippen LogP contribution in [0.25, 0.3) is 0 Å². The number of nitrogens with zero attached hydrogens (tertiary/aromatic N) is 1. The fourth-order valence-corrected chi connectivity index (χ4v) is 2.78. The molecule has 0 aliphatic heterocycles. The zero-order valence-electron chi connectivity index (χ0n) is 13.8. The first kappa shape index (κ1) is 19.5. The number of carboxylic acids is 1. The van der Waals surface area contributed by atoms with E-state index in [9.17, 15) is 4.79 Å². The molecule has 5 nitrogen and oxygen atoms in total. The Kier molecular flexibility index (Phi) is 8.12.